The standard InChI is InChI=1S/C11H18N4/c1-7-5-4-6-15(7)11-8(2)10(12)13-9(3)14-11/h7H,4-6H2,1-3H3,(H2,12,13,14). The van der Waals surface area contributed by atoms with Crippen LogP contribution in [0.5, 0.6) is 0 Å². The first kappa shape index (κ1) is 10.2. The van der Waals surface area contributed by atoms with Crippen molar-refractivity contribution >= 4 is 11.6 Å². The van der Waals surface area contributed by atoms with Crippen molar-refractivity contribution in [1.82, 2.24) is 9.97 Å². The summed E-state index contributed by atoms with van der Waals surface area (Å²) >= 11 is 0. The fourth-order valence-corrected chi connectivity index (χ4v) is 2.16. The third kappa shape index (κ3) is 1.76. The highest BCUT2D eigenvalue weighted by Crippen LogP contribution is 2.28. The Balaban J connectivity index is 2.42. The first-order valence-electron chi connectivity index (χ1n) is 5.47. The van der Waals surface area contributed by atoms with E-state index in [1.165, 1.54) is 12.8 Å². The van der Waals surface area contributed by atoms with Gasteiger partial charge in [-0.25, -0.2) is 9.97 Å². The third-order valence-electron chi connectivity index (χ3n) is 3.09. The van der Waals surface area contributed by atoms with Gasteiger partial charge in [0.05, 0.1) is 0 Å². The smallest absolute Gasteiger partial charge is 0.137 e. The number of aromatic nitrogens is 2. The molecule has 4 heteroatoms. The van der Waals surface area contributed by atoms with Gasteiger partial charge in [0.15, 0.2) is 0 Å². The van der Waals surface area contributed by atoms with E-state index in [9.17, 15) is 0 Å². The highest BCUT2D eigenvalue weighted by Gasteiger charge is 2.24. The van der Waals surface area contributed by atoms with Crippen LogP contribution in [0, 0.1) is 13.8 Å². The van der Waals surface area contributed by atoms with E-state index in [2.05, 4.69) is 21.8 Å². The zero-order valence-electron chi connectivity index (χ0n) is 9.62. The number of hydrogen-bond acceptors (Lipinski definition) is 4. The van der Waals surface area contributed by atoms with Crippen LogP contribution in [0.4, 0.5) is 11.6 Å². The molecular weight excluding hydrogens is 188 g/mol. The normalized spacial score (nSPS) is 21.0. The van der Waals surface area contributed by atoms with Crippen molar-refractivity contribution in [3.63, 3.8) is 0 Å². The van der Waals surface area contributed by atoms with Crippen molar-refractivity contribution in [2.75, 3.05) is 17.2 Å². The molecule has 0 radical (unpaired) electrons. The Kier molecular flexibility index (Phi) is 2.50. The summed E-state index contributed by atoms with van der Waals surface area (Å²) in [5, 5.41) is 0. The average Bonchev–Trinajstić information content (AvgIpc) is 2.58. The van der Waals surface area contributed by atoms with Gasteiger partial charge in [-0.2, -0.15) is 0 Å². The molecule has 2 heterocycles. The number of nitrogen functional groups attached to an aromatic ring is 1. The quantitative estimate of drug-likeness (QED) is 0.759. The number of aryl methyl sites for hydroxylation is 1. The summed E-state index contributed by atoms with van der Waals surface area (Å²) in [5.74, 6) is 2.38. The van der Waals surface area contributed by atoms with Crippen molar-refractivity contribution in [2.24, 2.45) is 0 Å². The van der Waals surface area contributed by atoms with Crippen molar-refractivity contribution in [1.29, 1.82) is 0 Å². The van der Waals surface area contributed by atoms with Crippen LogP contribution >= 0.6 is 0 Å². The van der Waals surface area contributed by atoms with Crippen molar-refractivity contribution < 1.29 is 0 Å². The predicted molar refractivity (Wildman–Crippen MR) is 62.0 cm³/mol. The van der Waals surface area contributed by atoms with Crippen molar-refractivity contribution in [3.8, 4) is 0 Å². The SMILES string of the molecule is Cc1nc(N)c(C)c(N2CCCC2C)n1. The molecule has 1 fully saturated rings. The summed E-state index contributed by atoms with van der Waals surface area (Å²) in [6.07, 6.45) is 2.48. The number of anilines is 2. The Morgan fingerprint density at radius 1 is 1.33 bits per heavy atom. The highest BCUT2D eigenvalue weighted by atomic mass is 15.2. The minimum Gasteiger partial charge on any atom is -0.383 e. The second kappa shape index (κ2) is 3.68. The zero-order valence-corrected chi connectivity index (χ0v) is 9.62. The second-order valence-electron chi connectivity index (χ2n) is 4.29. The van der Waals surface area contributed by atoms with Crippen molar-refractivity contribution in [2.45, 2.75) is 39.7 Å². The lowest BCUT2D eigenvalue weighted by Gasteiger charge is -2.24. The minimum absolute atomic E-state index is 0.567. The summed E-state index contributed by atoms with van der Waals surface area (Å²) in [6.45, 7) is 7.20. The Morgan fingerprint density at radius 3 is 2.67 bits per heavy atom. The van der Waals surface area contributed by atoms with E-state index in [1.807, 2.05) is 13.8 Å². The molecule has 0 aromatic carbocycles. The van der Waals surface area contributed by atoms with Crippen LogP contribution in [0.2, 0.25) is 0 Å². The summed E-state index contributed by atoms with van der Waals surface area (Å²) in [5.41, 5.74) is 6.87. The maximum Gasteiger partial charge on any atom is 0.137 e. The lowest BCUT2D eigenvalue weighted by atomic mass is 10.2. The summed E-state index contributed by atoms with van der Waals surface area (Å²) in [7, 11) is 0. The summed E-state index contributed by atoms with van der Waals surface area (Å²) < 4.78 is 0. The lowest BCUT2D eigenvalue weighted by Crippen LogP contribution is -2.28. The maximum atomic E-state index is 5.86. The van der Waals surface area contributed by atoms with Gasteiger partial charge in [-0.15, -0.1) is 0 Å². The van der Waals surface area contributed by atoms with Gasteiger partial charge in [0.1, 0.15) is 17.5 Å². The van der Waals surface area contributed by atoms with Gasteiger partial charge in [-0.1, -0.05) is 0 Å². The number of nitrogens with zero attached hydrogens (tertiary/aromatic N) is 3. The fraction of sp³-hybridized carbons (Fsp3) is 0.636. The minimum atomic E-state index is 0.567. The van der Waals surface area contributed by atoms with E-state index in [4.69, 9.17) is 5.73 Å². The van der Waals surface area contributed by atoms with E-state index in [1.54, 1.807) is 0 Å². The topological polar surface area (TPSA) is 55.0 Å². The molecule has 1 saturated heterocycles. The van der Waals surface area contributed by atoms with Gasteiger partial charge >= 0.3 is 0 Å². The summed E-state index contributed by atoms with van der Waals surface area (Å²) in [6, 6.07) is 0.567. The Morgan fingerprint density at radius 2 is 2.07 bits per heavy atom. The Hall–Kier alpha value is -1.32. The summed E-state index contributed by atoms with van der Waals surface area (Å²) in [4.78, 5) is 11.0. The van der Waals surface area contributed by atoms with E-state index in [-0.39, 0.29) is 0 Å². The van der Waals surface area contributed by atoms with Gasteiger partial charge in [0, 0.05) is 18.2 Å². The largest absolute Gasteiger partial charge is 0.383 e. The van der Waals surface area contributed by atoms with Gasteiger partial charge in [0.25, 0.3) is 0 Å². The molecule has 0 bridgehead atoms. The molecule has 1 aliphatic heterocycles. The molecule has 2 N–H and O–H groups in total. The number of rotatable bonds is 1. The molecule has 2 rings (SSSR count). The monoisotopic (exact) mass is 206 g/mol. The maximum absolute atomic E-state index is 5.86. The molecule has 82 valence electrons. The van der Waals surface area contributed by atoms with Crippen LogP contribution < -0.4 is 10.6 Å². The lowest BCUT2D eigenvalue weighted by molar-refractivity contribution is 0.722. The van der Waals surface area contributed by atoms with Gasteiger partial charge < -0.3 is 10.6 Å². The van der Waals surface area contributed by atoms with Crippen LogP contribution in [-0.2, 0) is 0 Å². The molecule has 0 aliphatic carbocycles. The molecule has 1 unspecified atom stereocenters. The van der Waals surface area contributed by atoms with E-state index in [0.29, 0.717) is 11.9 Å². The highest BCUT2D eigenvalue weighted by molar-refractivity contribution is 5.57. The first-order chi connectivity index (χ1) is 7.09. The molecule has 1 aromatic heterocycles. The van der Waals surface area contributed by atoms with Gasteiger partial charge in [-0.05, 0) is 33.6 Å². The Labute approximate surface area is 90.5 Å². The van der Waals surface area contributed by atoms with E-state index >= 15 is 0 Å². The van der Waals surface area contributed by atoms with Crippen LogP contribution in [0.3, 0.4) is 0 Å². The van der Waals surface area contributed by atoms with Gasteiger partial charge in [-0.3, -0.25) is 0 Å². The molecule has 1 aliphatic rings. The van der Waals surface area contributed by atoms with Crippen molar-refractivity contribution in [3.05, 3.63) is 11.4 Å². The Bertz CT molecular complexity index is 375. The fourth-order valence-electron chi connectivity index (χ4n) is 2.16. The third-order valence-corrected chi connectivity index (χ3v) is 3.09. The second-order valence-corrected chi connectivity index (χ2v) is 4.29. The number of hydrogen-bond donors (Lipinski definition) is 1. The van der Waals surface area contributed by atoms with Crippen LogP contribution in [0.1, 0.15) is 31.2 Å². The van der Waals surface area contributed by atoms with Crippen LogP contribution in [0.25, 0.3) is 0 Å². The van der Waals surface area contributed by atoms with E-state index < -0.39 is 0 Å². The molecule has 1 atom stereocenters. The molecule has 0 amide bonds. The molecule has 4 nitrogen and oxygen atoms in total. The van der Waals surface area contributed by atoms with E-state index in [0.717, 1.165) is 23.8 Å². The zero-order chi connectivity index (χ0) is 11.0. The first-order valence-corrected chi connectivity index (χ1v) is 5.47. The van der Waals surface area contributed by atoms with Crippen LogP contribution in [-0.4, -0.2) is 22.6 Å². The molecule has 1 aromatic rings. The predicted octanol–water partition coefficient (Wildman–Crippen LogP) is 1.66. The van der Waals surface area contributed by atoms with Gasteiger partial charge in [0.2, 0.25) is 0 Å². The molecule has 15 heavy (non-hydrogen) atoms. The molecule has 0 spiro atoms. The average molecular weight is 206 g/mol. The molecule has 0 saturated carbocycles. The van der Waals surface area contributed by atoms with Crippen LogP contribution in [0.15, 0.2) is 0 Å². The number of nitrogens with two attached hydrogens (primary N) is 1. The molecular formula is C11H18N4.